The molecule has 0 atom stereocenters. The van der Waals surface area contributed by atoms with Crippen molar-refractivity contribution in [1.82, 2.24) is 9.97 Å². The number of carboxylic acid groups (broad SMARTS) is 1. The molecular weight excluding hydrogens is 271 g/mol. The molecule has 0 saturated carbocycles. The minimum atomic E-state index is -1.11. The Morgan fingerprint density at radius 3 is 2.90 bits per heavy atom. The van der Waals surface area contributed by atoms with Gasteiger partial charge < -0.3 is 10.1 Å². The molecule has 0 aliphatic heterocycles. The van der Waals surface area contributed by atoms with Gasteiger partial charge in [-0.05, 0) is 35.9 Å². The van der Waals surface area contributed by atoms with Gasteiger partial charge in [0.25, 0.3) is 0 Å². The maximum Gasteiger partial charge on any atom is 0.336 e. The first kappa shape index (κ1) is 13.1. The predicted molar refractivity (Wildman–Crippen MR) is 78.0 cm³/mol. The smallest absolute Gasteiger partial charge is 0.336 e. The topological polar surface area (TPSA) is 66.0 Å². The van der Waals surface area contributed by atoms with Gasteiger partial charge in [-0.2, -0.15) is 0 Å². The van der Waals surface area contributed by atoms with Crippen LogP contribution in [0.4, 0.5) is 4.39 Å². The van der Waals surface area contributed by atoms with Gasteiger partial charge in [0.05, 0.1) is 5.57 Å². The maximum atomic E-state index is 13.3. The molecular formula is C16H11FN2O2. The summed E-state index contributed by atoms with van der Waals surface area (Å²) < 4.78 is 13.3. The molecule has 1 aromatic carbocycles. The standard InChI is InChI=1S/C16H11FN2O2/c17-12-4-1-3-10(7-12)14(16(20)21)8-11-9-19-15-13(11)5-2-6-18-15/h1-9H,(H,18,19)(H,20,21)/b14-8-. The zero-order valence-electron chi connectivity index (χ0n) is 10.9. The molecule has 0 fully saturated rings. The lowest BCUT2D eigenvalue weighted by molar-refractivity contribution is -0.130. The van der Waals surface area contributed by atoms with E-state index in [1.807, 2.05) is 6.07 Å². The Balaban J connectivity index is 2.15. The summed E-state index contributed by atoms with van der Waals surface area (Å²) in [4.78, 5) is 18.6. The first-order valence-electron chi connectivity index (χ1n) is 6.28. The number of fused-ring (bicyclic) bond motifs is 1. The molecule has 2 aromatic heterocycles. The highest BCUT2D eigenvalue weighted by atomic mass is 19.1. The van der Waals surface area contributed by atoms with E-state index in [2.05, 4.69) is 9.97 Å². The van der Waals surface area contributed by atoms with E-state index in [1.165, 1.54) is 24.3 Å². The summed E-state index contributed by atoms with van der Waals surface area (Å²) >= 11 is 0. The Hall–Kier alpha value is -2.95. The van der Waals surface area contributed by atoms with Gasteiger partial charge in [-0.1, -0.05) is 12.1 Å². The summed E-state index contributed by atoms with van der Waals surface area (Å²) in [6, 6.07) is 9.14. The Kier molecular flexibility index (Phi) is 3.23. The summed E-state index contributed by atoms with van der Waals surface area (Å²) in [5.74, 6) is -1.58. The molecule has 0 bridgehead atoms. The number of carboxylic acids is 1. The summed E-state index contributed by atoms with van der Waals surface area (Å²) in [7, 11) is 0. The van der Waals surface area contributed by atoms with Crippen molar-refractivity contribution in [1.29, 1.82) is 0 Å². The second kappa shape index (κ2) is 5.20. The monoisotopic (exact) mass is 282 g/mol. The average molecular weight is 282 g/mol. The van der Waals surface area contributed by atoms with E-state index >= 15 is 0 Å². The van der Waals surface area contributed by atoms with Crippen LogP contribution in [0.5, 0.6) is 0 Å². The Morgan fingerprint density at radius 2 is 2.14 bits per heavy atom. The number of nitrogens with zero attached hydrogens (tertiary/aromatic N) is 1. The number of halogens is 1. The largest absolute Gasteiger partial charge is 0.478 e. The Morgan fingerprint density at radius 1 is 1.29 bits per heavy atom. The third kappa shape index (κ3) is 2.53. The number of carbonyl (C=O) groups is 1. The van der Waals surface area contributed by atoms with E-state index in [9.17, 15) is 14.3 Å². The van der Waals surface area contributed by atoms with Gasteiger partial charge in [0.1, 0.15) is 11.5 Å². The minimum Gasteiger partial charge on any atom is -0.478 e. The van der Waals surface area contributed by atoms with Crippen LogP contribution in [0.2, 0.25) is 0 Å². The summed E-state index contributed by atoms with van der Waals surface area (Å²) in [6.07, 6.45) is 4.84. The van der Waals surface area contributed by atoms with Gasteiger partial charge in [0, 0.05) is 23.3 Å². The van der Waals surface area contributed by atoms with E-state index in [-0.39, 0.29) is 5.57 Å². The van der Waals surface area contributed by atoms with Gasteiger partial charge in [-0.15, -0.1) is 0 Å². The molecule has 104 valence electrons. The van der Waals surface area contributed by atoms with E-state index in [4.69, 9.17) is 0 Å². The van der Waals surface area contributed by atoms with E-state index in [0.717, 1.165) is 5.39 Å². The van der Waals surface area contributed by atoms with Crippen LogP contribution < -0.4 is 0 Å². The molecule has 4 nitrogen and oxygen atoms in total. The lowest BCUT2D eigenvalue weighted by Crippen LogP contribution is -1.99. The van der Waals surface area contributed by atoms with Crippen LogP contribution in [0, 0.1) is 5.82 Å². The fraction of sp³-hybridized carbons (Fsp3) is 0. The van der Waals surface area contributed by atoms with Gasteiger partial charge >= 0.3 is 5.97 Å². The number of hydrogen-bond donors (Lipinski definition) is 2. The third-order valence-corrected chi connectivity index (χ3v) is 3.15. The maximum absolute atomic E-state index is 13.3. The quantitative estimate of drug-likeness (QED) is 0.724. The number of H-pyrrole nitrogens is 1. The van der Waals surface area contributed by atoms with Crippen molar-refractivity contribution in [2.75, 3.05) is 0 Å². The highest BCUT2D eigenvalue weighted by molar-refractivity contribution is 6.21. The van der Waals surface area contributed by atoms with Crippen molar-refractivity contribution in [2.45, 2.75) is 0 Å². The van der Waals surface area contributed by atoms with Crippen molar-refractivity contribution in [3.63, 3.8) is 0 Å². The van der Waals surface area contributed by atoms with Crippen molar-refractivity contribution < 1.29 is 14.3 Å². The van der Waals surface area contributed by atoms with E-state index < -0.39 is 11.8 Å². The summed E-state index contributed by atoms with van der Waals surface area (Å²) in [5, 5.41) is 10.2. The third-order valence-electron chi connectivity index (χ3n) is 3.15. The number of aliphatic carboxylic acids is 1. The van der Waals surface area contributed by atoms with Crippen molar-refractivity contribution in [2.24, 2.45) is 0 Å². The molecule has 3 rings (SSSR count). The normalized spacial score (nSPS) is 11.8. The molecule has 0 spiro atoms. The van der Waals surface area contributed by atoms with Gasteiger partial charge in [0.15, 0.2) is 0 Å². The second-order valence-corrected chi connectivity index (χ2v) is 4.52. The van der Waals surface area contributed by atoms with Crippen molar-refractivity contribution in [3.05, 3.63) is 65.7 Å². The lowest BCUT2D eigenvalue weighted by atomic mass is 10.0. The van der Waals surface area contributed by atoms with Gasteiger partial charge in [-0.25, -0.2) is 14.2 Å². The molecule has 2 N–H and O–H groups in total. The van der Waals surface area contributed by atoms with Crippen LogP contribution >= 0.6 is 0 Å². The molecule has 2 heterocycles. The molecule has 0 unspecified atom stereocenters. The van der Waals surface area contributed by atoms with Gasteiger partial charge in [-0.3, -0.25) is 0 Å². The minimum absolute atomic E-state index is 0.0271. The van der Waals surface area contributed by atoms with Crippen LogP contribution in [0.15, 0.2) is 48.8 Å². The van der Waals surface area contributed by atoms with Crippen LogP contribution in [0.1, 0.15) is 11.1 Å². The first-order chi connectivity index (χ1) is 10.1. The number of aromatic amines is 1. The molecule has 0 saturated heterocycles. The molecule has 0 amide bonds. The number of pyridine rings is 1. The molecule has 0 aliphatic rings. The number of rotatable bonds is 3. The Bertz CT molecular complexity index is 852. The number of hydrogen-bond acceptors (Lipinski definition) is 2. The molecule has 0 radical (unpaired) electrons. The van der Waals surface area contributed by atoms with Crippen LogP contribution in [-0.2, 0) is 4.79 Å². The number of aromatic nitrogens is 2. The SMILES string of the molecule is O=C(O)/C(=C\c1c[nH]c2ncccc12)c1cccc(F)c1. The van der Waals surface area contributed by atoms with E-state index in [0.29, 0.717) is 16.8 Å². The highest BCUT2D eigenvalue weighted by Crippen LogP contribution is 2.23. The van der Waals surface area contributed by atoms with E-state index in [1.54, 1.807) is 24.5 Å². The summed E-state index contributed by atoms with van der Waals surface area (Å²) in [5.41, 5.74) is 1.72. The molecule has 21 heavy (non-hydrogen) atoms. The first-order valence-corrected chi connectivity index (χ1v) is 6.28. The zero-order valence-corrected chi connectivity index (χ0v) is 10.9. The predicted octanol–water partition coefficient (Wildman–Crippen LogP) is 3.33. The van der Waals surface area contributed by atoms with Crippen molar-refractivity contribution in [3.8, 4) is 0 Å². The van der Waals surface area contributed by atoms with Gasteiger partial charge in [0.2, 0.25) is 0 Å². The number of nitrogens with one attached hydrogen (secondary N) is 1. The lowest BCUT2D eigenvalue weighted by Gasteiger charge is -2.03. The number of benzene rings is 1. The van der Waals surface area contributed by atoms with Crippen LogP contribution in [-0.4, -0.2) is 21.0 Å². The highest BCUT2D eigenvalue weighted by Gasteiger charge is 2.12. The van der Waals surface area contributed by atoms with Crippen LogP contribution in [0.25, 0.3) is 22.7 Å². The molecule has 5 heteroatoms. The second-order valence-electron chi connectivity index (χ2n) is 4.52. The zero-order chi connectivity index (χ0) is 14.8. The average Bonchev–Trinajstić information content (AvgIpc) is 2.87. The molecule has 3 aromatic rings. The fourth-order valence-electron chi connectivity index (χ4n) is 2.18. The Labute approximate surface area is 119 Å². The van der Waals surface area contributed by atoms with Crippen molar-refractivity contribution >= 4 is 28.7 Å². The molecule has 0 aliphatic carbocycles. The fourth-order valence-corrected chi connectivity index (χ4v) is 2.18. The summed E-state index contributed by atoms with van der Waals surface area (Å²) in [6.45, 7) is 0. The van der Waals surface area contributed by atoms with Crippen LogP contribution in [0.3, 0.4) is 0 Å².